The third-order valence-corrected chi connectivity index (χ3v) is 3.23. The zero-order valence-corrected chi connectivity index (χ0v) is 11.6. The number of rotatable bonds is 6. The number of nitrogens with zero attached hydrogens (tertiary/aromatic N) is 1. The summed E-state index contributed by atoms with van der Waals surface area (Å²) in [4.78, 5) is 14.4. The lowest BCUT2D eigenvalue weighted by Crippen LogP contribution is -2.36. The highest BCUT2D eigenvalue weighted by molar-refractivity contribution is 5.95. The van der Waals surface area contributed by atoms with E-state index in [1.165, 1.54) is 0 Å². The zero-order chi connectivity index (χ0) is 13.5. The van der Waals surface area contributed by atoms with Crippen LogP contribution in [0.1, 0.15) is 40.0 Å². The summed E-state index contributed by atoms with van der Waals surface area (Å²) >= 11 is 0. The van der Waals surface area contributed by atoms with Gasteiger partial charge in [0, 0.05) is 23.8 Å². The van der Waals surface area contributed by atoms with Gasteiger partial charge in [-0.25, -0.2) is 0 Å². The number of nitrogens with two attached hydrogens (primary N) is 1. The van der Waals surface area contributed by atoms with E-state index in [1.807, 2.05) is 29.2 Å². The van der Waals surface area contributed by atoms with E-state index in [1.54, 1.807) is 0 Å². The number of benzene rings is 1. The molecule has 3 nitrogen and oxygen atoms in total. The van der Waals surface area contributed by atoms with Gasteiger partial charge in [0.05, 0.1) is 0 Å². The molecule has 0 aromatic heterocycles. The van der Waals surface area contributed by atoms with E-state index in [0.717, 1.165) is 31.5 Å². The van der Waals surface area contributed by atoms with Gasteiger partial charge in [-0.3, -0.25) is 4.79 Å². The van der Waals surface area contributed by atoms with Crippen molar-refractivity contribution in [1.82, 2.24) is 0 Å². The predicted molar refractivity (Wildman–Crippen MR) is 77.6 cm³/mol. The summed E-state index contributed by atoms with van der Waals surface area (Å²) in [7, 11) is 0. The standard InChI is InChI=1S/C15H24N2O/c1-4-10-17(15(18)12(5-2)6-3)14-9-7-8-13(16)11-14/h7-9,11-12H,4-6,10,16H2,1-3H3. The molecule has 0 aliphatic heterocycles. The van der Waals surface area contributed by atoms with Crippen molar-refractivity contribution in [2.75, 3.05) is 17.2 Å². The molecule has 3 heteroatoms. The van der Waals surface area contributed by atoms with Crippen molar-refractivity contribution in [2.24, 2.45) is 5.92 Å². The van der Waals surface area contributed by atoms with E-state index in [-0.39, 0.29) is 11.8 Å². The lowest BCUT2D eigenvalue weighted by Gasteiger charge is -2.26. The van der Waals surface area contributed by atoms with E-state index in [4.69, 9.17) is 5.73 Å². The molecule has 0 saturated heterocycles. The SMILES string of the molecule is CCCN(C(=O)C(CC)CC)c1cccc(N)c1. The number of carbonyl (C=O) groups is 1. The molecule has 0 radical (unpaired) electrons. The predicted octanol–water partition coefficient (Wildman–Crippen LogP) is 3.45. The van der Waals surface area contributed by atoms with Crippen LogP contribution in [0.15, 0.2) is 24.3 Å². The Morgan fingerprint density at radius 3 is 2.44 bits per heavy atom. The highest BCUT2D eigenvalue weighted by Crippen LogP contribution is 2.22. The third-order valence-electron chi connectivity index (χ3n) is 3.23. The van der Waals surface area contributed by atoms with Gasteiger partial charge in [0.25, 0.3) is 0 Å². The number of amides is 1. The van der Waals surface area contributed by atoms with E-state index in [9.17, 15) is 4.79 Å². The first-order valence-corrected chi connectivity index (χ1v) is 6.80. The van der Waals surface area contributed by atoms with Crippen LogP contribution in [-0.4, -0.2) is 12.5 Å². The minimum absolute atomic E-state index is 0.109. The highest BCUT2D eigenvalue weighted by atomic mass is 16.2. The lowest BCUT2D eigenvalue weighted by atomic mass is 10.0. The van der Waals surface area contributed by atoms with Crippen LogP contribution in [0.3, 0.4) is 0 Å². The fourth-order valence-electron chi connectivity index (χ4n) is 2.14. The maximum atomic E-state index is 12.5. The number of hydrogen-bond donors (Lipinski definition) is 1. The van der Waals surface area contributed by atoms with Crippen molar-refractivity contribution in [2.45, 2.75) is 40.0 Å². The first-order valence-electron chi connectivity index (χ1n) is 6.80. The Morgan fingerprint density at radius 1 is 1.28 bits per heavy atom. The number of nitrogen functional groups attached to an aromatic ring is 1. The summed E-state index contributed by atoms with van der Waals surface area (Å²) in [5, 5.41) is 0. The molecule has 0 aliphatic rings. The van der Waals surface area contributed by atoms with Crippen LogP contribution in [0.5, 0.6) is 0 Å². The van der Waals surface area contributed by atoms with Crippen molar-refractivity contribution in [3.8, 4) is 0 Å². The van der Waals surface area contributed by atoms with Crippen molar-refractivity contribution < 1.29 is 4.79 Å². The van der Waals surface area contributed by atoms with E-state index >= 15 is 0 Å². The molecule has 0 aliphatic carbocycles. The first-order chi connectivity index (χ1) is 8.63. The van der Waals surface area contributed by atoms with Gasteiger partial charge in [-0.15, -0.1) is 0 Å². The molecule has 0 bridgehead atoms. The van der Waals surface area contributed by atoms with Crippen LogP contribution in [0.25, 0.3) is 0 Å². The fraction of sp³-hybridized carbons (Fsp3) is 0.533. The van der Waals surface area contributed by atoms with E-state index in [0.29, 0.717) is 5.69 Å². The van der Waals surface area contributed by atoms with Crippen molar-refractivity contribution in [3.63, 3.8) is 0 Å². The van der Waals surface area contributed by atoms with Gasteiger partial charge in [0.1, 0.15) is 0 Å². The summed E-state index contributed by atoms with van der Waals surface area (Å²) in [5.74, 6) is 0.324. The van der Waals surface area contributed by atoms with Crippen LogP contribution in [0, 0.1) is 5.92 Å². The molecular weight excluding hydrogens is 224 g/mol. The summed E-state index contributed by atoms with van der Waals surface area (Å²) in [5.41, 5.74) is 7.41. The van der Waals surface area contributed by atoms with E-state index < -0.39 is 0 Å². The molecular formula is C15H24N2O. The molecule has 1 aromatic rings. The number of anilines is 2. The second-order valence-corrected chi connectivity index (χ2v) is 4.60. The molecule has 0 spiro atoms. The first kappa shape index (κ1) is 14.6. The second kappa shape index (κ2) is 7.04. The lowest BCUT2D eigenvalue weighted by molar-refractivity contribution is -0.122. The summed E-state index contributed by atoms with van der Waals surface area (Å²) in [6.07, 6.45) is 2.72. The van der Waals surface area contributed by atoms with Gasteiger partial charge in [0.2, 0.25) is 5.91 Å². The molecule has 0 fully saturated rings. The molecule has 0 saturated carbocycles. The second-order valence-electron chi connectivity index (χ2n) is 4.60. The Labute approximate surface area is 110 Å². The zero-order valence-electron chi connectivity index (χ0n) is 11.6. The minimum Gasteiger partial charge on any atom is -0.399 e. The van der Waals surface area contributed by atoms with Crippen LogP contribution in [0.4, 0.5) is 11.4 Å². The van der Waals surface area contributed by atoms with Crippen molar-refractivity contribution in [1.29, 1.82) is 0 Å². The topological polar surface area (TPSA) is 46.3 Å². The molecule has 1 aromatic carbocycles. The molecule has 0 heterocycles. The summed E-state index contributed by atoms with van der Waals surface area (Å²) in [6.45, 7) is 6.96. The fourth-order valence-corrected chi connectivity index (χ4v) is 2.14. The summed E-state index contributed by atoms with van der Waals surface area (Å²) < 4.78 is 0. The molecule has 100 valence electrons. The average Bonchev–Trinajstić information content (AvgIpc) is 2.37. The van der Waals surface area contributed by atoms with Gasteiger partial charge in [0.15, 0.2) is 0 Å². The smallest absolute Gasteiger partial charge is 0.230 e. The monoisotopic (exact) mass is 248 g/mol. The van der Waals surface area contributed by atoms with Gasteiger partial charge < -0.3 is 10.6 Å². The quantitative estimate of drug-likeness (QED) is 0.784. The summed E-state index contributed by atoms with van der Waals surface area (Å²) in [6, 6.07) is 7.56. The van der Waals surface area contributed by atoms with Crippen LogP contribution < -0.4 is 10.6 Å². The average molecular weight is 248 g/mol. The Balaban J connectivity index is 2.98. The maximum absolute atomic E-state index is 12.5. The number of carbonyl (C=O) groups excluding carboxylic acids is 1. The molecule has 1 rings (SSSR count). The Kier molecular flexibility index (Phi) is 5.69. The molecule has 0 atom stereocenters. The van der Waals surface area contributed by atoms with Crippen molar-refractivity contribution >= 4 is 17.3 Å². The van der Waals surface area contributed by atoms with Gasteiger partial charge in [-0.05, 0) is 37.5 Å². The van der Waals surface area contributed by atoms with Crippen LogP contribution in [0.2, 0.25) is 0 Å². The third kappa shape index (κ3) is 3.49. The highest BCUT2D eigenvalue weighted by Gasteiger charge is 2.22. The van der Waals surface area contributed by atoms with Gasteiger partial charge in [-0.1, -0.05) is 26.8 Å². The van der Waals surface area contributed by atoms with Crippen molar-refractivity contribution in [3.05, 3.63) is 24.3 Å². The molecule has 18 heavy (non-hydrogen) atoms. The van der Waals surface area contributed by atoms with Gasteiger partial charge >= 0.3 is 0 Å². The Hall–Kier alpha value is -1.51. The van der Waals surface area contributed by atoms with E-state index in [2.05, 4.69) is 20.8 Å². The minimum atomic E-state index is 0.109. The largest absolute Gasteiger partial charge is 0.399 e. The normalized spacial score (nSPS) is 10.7. The Bertz CT molecular complexity index is 386. The van der Waals surface area contributed by atoms with Gasteiger partial charge in [-0.2, -0.15) is 0 Å². The Morgan fingerprint density at radius 2 is 1.94 bits per heavy atom. The van der Waals surface area contributed by atoms with Crippen LogP contribution in [-0.2, 0) is 4.79 Å². The maximum Gasteiger partial charge on any atom is 0.230 e. The molecule has 2 N–H and O–H groups in total. The van der Waals surface area contributed by atoms with Crippen LogP contribution >= 0.6 is 0 Å². The molecule has 1 amide bonds. The molecule has 0 unspecified atom stereocenters. The number of hydrogen-bond acceptors (Lipinski definition) is 2.